The Labute approximate surface area is 128 Å². The lowest BCUT2D eigenvalue weighted by atomic mass is 10.1. The van der Waals surface area contributed by atoms with Crippen LogP contribution < -0.4 is 10.2 Å². The SMILES string of the molecule is CCOC1CCCN(c2cnc(CNCC(C)C)cn2)C1. The highest BCUT2D eigenvalue weighted by molar-refractivity contribution is 5.36. The van der Waals surface area contributed by atoms with E-state index in [1.807, 2.05) is 12.4 Å². The molecule has 1 unspecified atom stereocenters. The maximum Gasteiger partial charge on any atom is 0.147 e. The molecule has 2 heterocycles. The van der Waals surface area contributed by atoms with Gasteiger partial charge in [-0.1, -0.05) is 13.8 Å². The molecule has 1 N–H and O–H groups in total. The Kier molecular flexibility index (Phi) is 6.39. The van der Waals surface area contributed by atoms with Gasteiger partial charge in [0.1, 0.15) is 5.82 Å². The summed E-state index contributed by atoms with van der Waals surface area (Å²) in [4.78, 5) is 11.4. The first-order chi connectivity index (χ1) is 10.2. The Balaban J connectivity index is 1.86. The minimum Gasteiger partial charge on any atom is -0.377 e. The molecule has 1 aromatic heterocycles. The zero-order valence-electron chi connectivity index (χ0n) is 13.5. The van der Waals surface area contributed by atoms with Gasteiger partial charge in [0.15, 0.2) is 0 Å². The molecule has 0 spiro atoms. The number of piperidine rings is 1. The van der Waals surface area contributed by atoms with E-state index >= 15 is 0 Å². The van der Waals surface area contributed by atoms with Gasteiger partial charge in [-0.15, -0.1) is 0 Å². The fourth-order valence-corrected chi connectivity index (χ4v) is 2.61. The van der Waals surface area contributed by atoms with Crippen molar-refractivity contribution in [2.75, 3.05) is 31.1 Å². The summed E-state index contributed by atoms with van der Waals surface area (Å²) in [5.74, 6) is 1.62. The van der Waals surface area contributed by atoms with Gasteiger partial charge >= 0.3 is 0 Å². The maximum atomic E-state index is 5.73. The molecule has 0 aromatic carbocycles. The zero-order valence-corrected chi connectivity index (χ0v) is 13.5. The molecule has 21 heavy (non-hydrogen) atoms. The number of ether oxygens (including phenoxy) is 1. The molecule has 0 amide bonds. The van der Waals surface area contributed by atoms with E-state index in [1.54, 1.807) is 0 Å². The quantitative estimate of drug-likeness (QED) is 0.835. The number of aromatic nitrogens is 2. The fraction of sp³-hybridized carbons (Fsp3) is 0.750. The zero-order chi connectivity index (χ0) is 15.1. The van der Waals surface area contributed by atoms with Gasteiger partial charge in [0.25, 0.3) is 0 Å². The molecule has 0 saturated carbocycles. The predicted octanol–water partition coefficient (Wildman–Crippen LogP) is 2.23. The summed E-state index contributed by atoms with van der Waals surface area (Å²) in [6.45, 7) is 11.0. The molecule has 118 valence electrons. The molecule has 5 heteroatoms. The molecule has 1 atom stereocenters. The lowest BCUT2D eigenvalue weighted by Gasteiger charge is -2.33. The summed E-state index contributed by atoms with van der Waals surface area (Å²) < 4.78 is 5.73. The van der Waals surface area contributed by atoms with E-state index in [9.17, 15) is 0 Å². The summed E-state index contributed by atoms with van der Waals surface area (Å²) in [6, 6.07) is 0. The summed E-state index contributed by atoms with van der Waals surface area (Å²) >= 11 is 0. The highest BCUT2D eigenvalue weighted by atomic mass is 16.5. The van der Waals surface area contributed by atoms with Crippen LogP contribution in [0.2, 0.25) is 0 Å². The van der Waals surface area contributed by atoms with Gasteiger partial charge in [0.2, 0.25) is 0 Å². The van der Waals surface area contributed by atoms with Gasteiger partial charge in [0.05, 0.1) is 24.2 Å². The van der Waals surface area contributed by atoms with Crippen LogP contribution in [0.15, 0.2) is 12.4 Å². The van der Waals surface area contributed by atoms with Crippen LogP contribution in [0.3, 0.4) is 0 Å². The molecule has 1 aromatic rings. The number of rotatable bonds is 7. The predicted molar refractivity (Wildman–Crippen MR) is 85.4 cm³/mol. The highest BCUT2D eigenvalue weighted by Gasteiger charge is 2.21. The van der Waals surface area contributed by atoms with Crippen molar-refractivity contribution in [1.82, 2.24) is 15.3 Å². The van der Waals surface area contributed by atoms with Crippen molar-refractivity contribution in [2.24, 2.45) is 5.92 Å². The monoisotopic (exact) mass is 292 g/mol. The number of hydrogen-bond donors (Lipinski definition) is 1. The summed E-state index contributed by atoms with van der Waals surface area (Å²) in [7, 11) is 0. The third-order valence-electron chi connectivity index (χ3n) is 3.65. The smallest absolute Gasteiger partial charge is 0.147 e. The van der Waals surface area contributed by atoms with E-state index < -0.39 is 0 Å². The standard InChI is InChI=1S/C16H28N4O/c1-4-21-15-6-5-7-20(12-15)16-11-18-14(10-19-16)9-17-8-13(2)3/h10-11,13,15,17H,4-9,12H2,1-3H3. The first kappa shape index (κ1) is 16.2. The maximum absolute atomic E-state index is 5.73. The first-order valence-electron chi connectivity index (χ1n) is 8.07. The molecular formula is C16H28N4O. The van der Waals surface area contributed by atoms with Crippen LogP contribution in [0.25, 0.3) is 0 Å². The van der Waals surface area contributed by atoms with Crippen LogP contribution in [0, 0.1) is 5.92 Å². The Morgan fingerprint density at radius 2 is 2.24 bits per heavy atom. The van der Waals surface area contributed by atoms with E-state index in [0.717, 1.165) is 57.1 Å². The van der Waals surface area contributed by atoms with Crippen LogP contribution in [0.5, 0.6) is 0 Å². The molecule has 1 aliphatic rings. The average Bonchev–Trinajstić information content (AvgIpc) is 2.48. The molecule has 2 rings (SSSR count). The van der Waals surface area contributed by atoms with Gasteiger partial charge in [0, 0.05) is 26.2 Å². The molecule has 0 bridgehead atoms. The molecule has 5 nitrogen and oxygen atoms in total. The second-order valence-electron chi connectivity index (χ2n) is 6.06. The summed E-state index contributed by atoms with van der Waals surface area (Å²) in [5.41, 5.74) is 0.998. The number of nitrogens with zero attached hydrogens (tertiary/aromatic N) is 3. The lowest BCUT2D eigenvalue weighted by molar-refractivity contribution is 0.0525. The van der Waals surface area contributed by atoms with Crippen LogP contribution >= 0.6 is 0 Å². The molecule has 1 fully saturated rings. The second-order valence-corrected chi connectivity index (χ2v) is 6.06. The minimum atomic E-state index is 0.331. The number of hydrogen-bond acceptors (Lipinski definition) is 5. The number of nitrogens with one attached hydrogen (secondary N) is 1. The molecule has 0 aliphatic carbocycles. The fourth-order valence-electron chi connectivity index (χ4n) is 2.61. The Morgan fingerprint density at radius 3 is 2.90 bits per heavy atom. The third kappa shape index (κ3) is 5.25. The van der Waals surface area contributed by atoms with E-state index in [0.29, 0.717) is 12.0 Å². The summed E-state index contributed by atoms with van der Waals surface area (Å²) in [6.07, 6.45) is 6.41. The molecular weight excluding hydrogens is 264 g/mol. The van der Waals surface area contributed by atoms with E-state index in [2.05, 4.69) is 41.0 Å². The number of anilines is 1. The van der Waals surface area contributed by atoms with Crippen molar-refractivity contribution >= 4 is 5.82 Å². The molecule has 1 saturated heterocycles. The minimum absolute atomic E-state index is 0.331. The Morgan fingerprint density at radius 1 is 1.38 bits per heavy atom. The van der Waals surface area contributed by atoms with Crippen LogP contribution in [-0.2, 0) is 11.3 Å². The van der Waals surface area contributed by atoms with Gasteiger partial charge in [-0.25, -0.2) is 4.98 Å². The Hall–Kier alpha value is -1.20. The first-order valence-corrected chi connectivity index (χ1v) is 8.07. The van der Waals surface area contributed by atoms with Crippen molar-refractivity contribution in [3.8, 4) is 0 Å². The second kappa shape index (κ2) is 8.29. The normalized spacial score (nSPS) is 19.2. The van der Waals surface area contributed by atoms with Crippen molar-refractivity contribution in [3.05, 3.63) is 18.1 Å². The third-order valence-corrected chi connectivity index (χ3v) is 3.65. The van der Waals surface area contributed by atoms with E-state index in [1.165, 1.54) is 0 Å². The molecule has 0 radical (unpaired) electrons. The van der Waals surface area contributed by atoms with Crippen LogP contribution in [0.4, 0.5) is 5.82 Å². The van der Waals surface area contributed by atoms with Crippen molar-refractivity contribution < 1.29 is 4.74 Å². The summed E-state index contributed by atoms with van der Waals surface area (Å²) in [5, 5.41) is 3.39. The van der Waals surface area contributed by atoms with Crippen molar-refractivity contribution in [1.29, 1.82) is 0 Å². The van der Waals surface area contributed by atoms with Gasteiger partial charge in [-0.05, 0) is 32.2 Å². The van der Waals surface area contributed by atoms with Crippen LogP contribution in [0.1, 0.15) is 39.3 Å². The van der Waals surface area contributed by atoms with Crippen molar-refractivity contribution in [2.45, 2.75) is 46.3 Å². The average molecular weight is 292 g/mol. The van der Waals surface area contributed by atoms with Crippen molar-refractivity contribution in [3.63, 3.8) is 0 Å². The van der Waals surface area contributed by atoms with Gasteiger partial charge in [-0.3, -0.25) is 4.98 Å². The lowest BCUT2D eigenvalue weighted by Crippen LogP contribution is -2.40. The van der Waals surface area contributed by atoms with E-state index in [-0.39, 0.29) is 0 Å². The van der Waals surface area contributed by atoms with Gasteiger partial charge in [-0.2, -0.15) is 0 Å². The van der Waals surface area contributed by atoms with Crippen LogP contribution in [-0.4, -0.2) is 42.3 Å². The van der Waals surface area contributed by atoms with Gasteiger partial charge < -0.3 is 15.0 Å². The molecule has 1 aliphatic heterocycles. The van der Waals surface area contributed by atoms with E-state index in [4.69, 9.17) is 4.74 Å². The topological polar surface area (TPSA) is 50.3 Å². The largest absolute Gasteiger partial charge is 0.377 e. The Bertz CT molecular complexity index is 405. The highest BCUT2D eigenvalue weighted by Crippen LogP contribution is 2.18.